The summed E-state index contributed by atoms with van der Waals surface area (Å²) in [5.41, 5.74) is 2.25. The van der Waals surface area contributed by atoms with Crippen LogP contribution in [0, 0.1) is 5.92 Å². The minimum atomic E-state index is -0.196. The van der Waals surface area contributed by atoms with Crippen molar-refractivity contribution in [2.75, 3.05) is 31.1 Å². The predicted octanol–water partition coefficient (Wildman–Crippen LogP) is 3.30. The molecular formula is C23H33N3O2. The molecule has 1 aromatic rings. The molecule has 28 heavy (non-hydrogen) atoms. The highest BCUT2D eigenvalue weighted by atomic mass is 16.2. The van der Waals surface area contributed by atoms with E-state index in [1.807, 2.05) is 0 Å². The number of benzene rings is 1. The molecule has 0 radical (unpaired) electrons. The van der Waals surface area contributed by atoms with Gasteiger partial charge in [0.15, 0.2) is 0 Å². The Balaban J connectivity index is 1.34. The molecule has 1 N–H and O–H groups in total. The van der Waals surface area contributed by atoms with Crippen LogP contribution in [0.15, 0.2) is 24.3 Å². The molecule has 2 atom stereocenters. The Kier molecular flexibility index (Phi) is 6.00. The number of rotatable bonds is 4. The van der Waals surface area contributed by atoms with E-state index in [1.165, 1.54) is 44.3 Å². The van der Waals surface area contributed by atoms with Crippen molar-refractivity contribution in [2.45, 2.75) is 63.8 Å². The lowest BCUT2D eigenvalue weighted by atomic mass is 9.88. The first-order chi connectivity index (χ1) is 13.6. The van der Waals surface area contributed by atoms with Crippen LogP contribution in [-0.4, -0.2) is 48.9 Å². The Labute approximate surface area is 168 Å². The molecule has 3 aliphatic rings. The van der Waals surface area contributed by atoms with Crippen LogP contribution in [0.4, 0.5) is 5.69 Å². The molecule has 0 bridgehead atoms. The average Bonchev–Trinajstić information content (AvgIpc) is 2.71. The number of carbonyl (C=O) groups excluding carboxylic acids is 2. The highest BCUT2D eigenvalue weighted by Crippen LogP contribution is 2.29. The van der Waals surface area contributed by atoms with E-state index in [2.05, 4.69) is 46.3 Å². The summed E-state index contributed by atoms with van der Waals surface area (Å²) in [7, 11) is 0. The Morgan fingerprint density at radius 1 is 1.00 bits per heavy atom. The van der Waals surface area contributed by atoms with Crippen molar-refractivity contribution in [1.29, 1.82) is 0 Å². The molecule has 1 aromatic carbocycles. The van der Waals surface area contributed by atoms with E-state index >= 15 is 0 Å². The Bertz CT molecular complexity index is 696. The maximum Gasteiger partial charge on any atom is 0.234 e. The van der Waals surface area contributed by atoms with E-state index in [-0.39, 0.29) is 17.7 Å². The maximum atomic E-state index is 12.1. The predicted molar refractivity (Wildman–Crippen MR) is 111 cm³/mol. The van der Waals surface area contributed by atoms with Gasteiger partial charge in [-0.2, -0.15) is 0 Å². The normalized spacial score (nSPS) is 27.7. The number of hydrogen-bond donors (Lipinski definition) is 1. The van der Waals surface area contributed by atoms with E-state index in [0.717, 1.165) is 31.1 Å². The summed E-state index contributed by atoms with van der Waals surface area (Å²) in [4.78, 5) is 28.6. The highest BCUT2D eigenvalue weighted by molar-refractivity contribution is 6.00. The number of amides is 2. The zero-order valence-corrected chi connectivity index (χ0v) is 17.0. The average molecular weight is 384 g/mol. The van der Waals surface area contributed by atoms with Crippen LogP contribution in [0.1, 0.15) is 63.4 Å². The molecule has 2 amide bonds. The van der Waals surface area contributed by atoms with Crippen molar-refractivity contribution in [3.8, 4) is 0 Å². The van der Waals surface area contributed by atoms with E-state index in [4.69, 9.17) is 0 Å². The first-order valence-corrected chi connectivity index (χ1v) is 11.0. The second-order valence-electron chi connectivity index (χ2n) is 8.89. The molecule has 2 unspecified atom stereocenters. The number of hydrogen-bond acceptors (Lipinski definition) is 4. The highest BCUT2D eigenvalue weighted by Gasteiger charge is 2.29. The maximum absolute atomic E-state index is 12.1. The summed E-state index contributed by atoms with van der Waals surface area (Å²) >= 11 is 0. The topological polar surface area (TPSA) is 52.7 Å². The lowest BCUT2D eigenvalue weighted by Gasteiger charge is -2.43. The van der Waals surface area contributed by atoms with Crippen molar-refractivity contribution >= 4 is 17.5 Å². The lowest BCUT2D eigenvalue weighted by molar-refractivity contribution is -0.134. The van der Waals surface area contributed by atoms with Crippen LogP contribution in [0.5, 0.6) is 0 Å². The number of carbonyl (C=O) groups is 2. The van der Waals surface area contributed by atoms with Gasteiger partial charge in [0.25, 0.3) is 0 Å². The van der Waals surface area contributed by atoms with Gasteiger partial charge in [-0.15, -0.1) is 0 Å². The Morgan fingerprint density at radius 2 is 1.75 bits per heavy atom. The molecule has 1 saturated carbocycles. The fourth-order valence-electron chi connectivity index (χ4n) is 5.13. The summed E-state index contributed by atoms with van der Waals surface area (Å²) in [6, 6.07) is 8.99. The number of imide groups is 1. The SMILES string of the molecule is CC1CN(c2ccc(C3CCC(=O)NC3=O)cc2)CCN1CC1CCCCC1. The largest absolute Gasteiger partial charge is 0.369 e. The molecule has 0 spiro atoms. The van der Waals surface area contributed by atoms with E-state index in [0.29, 0.717) is 18.9 Å². The smallest absolute Gasteiger partial charge is 0.234 e. The van der Waals surface area contributed by atoms with Crippen molar-refractivity contribution < 1.29 is 9.59 Å². The zero-order valence-electron chi connectivity index (χ0n) is 17.0. The molecule has 0 aromatic heterocycles. The fraction of sp³-hybridized carbons (Fsp3) is 0.652. The van der Waals surface area contributed by atoms with Crippen molar-refractivity contribution in [2.24, 2.45) is 5.92 Å². The minimum absolute atomic E-state index is 0.155. The molecule has 2 saturated heterocycles. The number of nitrogens with one attached hydrogen (secondary N) is 1. The summed E-state index contributed by atoms with van der Waals surface area (Å²) in [5.74, 6) is 0.389. The van der Waals surface area contributed by atoms with Gasteiger partial charge in [0.2, 0.25) is 11.8 Å². The van der Waals surface area contributed by atoms with Crippen LogP contribution in [-0.2, 0) is 9.59 Å². The fourth-order valence-corrected chi connectivity index (χ4v) is 5.13. The molecule has 2 heterocycles. The van der Waals surface area contributed by atoms with Crippen molar-refractivity contribution in [3.05, 3.63) is 29.8 Å². The summed E-state index contributed by atoms with van der Waals surface area (Å²) < 4.78 is 0. The molecule has 5 nitrogen and oxygen atoms in total. The zero-order chi connectivity index (χ0) is 19.5. The number of piperazine rings is 1. The standard InChI is InChI=1S/C23H33N3O2/c1-17-15-26(14-13-25(17)16-18-5-3-2-4-6-18)20-9-7-19(8-10-20)21-11-12-22(27)24-23(21)28/h7-10,17-18,21H,2-6,11-16H2,1H3,(H,24,27,28). The summed E-state index contributed by atoms with van der Waals surface area (Å²) in [6.45, 7) is 6.88. The first kappa shape index (κ1) is 19.4. The van der Waals surface area contributed by atoms with E-state index in [1.54, 1.807) is 0 Å². The summed E-state index contributed by atoms with van der Waals surface area (Å²) in [6.07, 6.45) is 8.12. The van der Waals surface area contributed by atoms with Crippen LogP contribution in [0.2, 0.25) is 0 Å². The Morgan fingerprint density at radius 3 is 2.43 bits per heavy atom. The van der Waals surface area contributed by atoms with Gasteiger partial charge in [-0.25, -0.2) is 0 Å². The van der Waals surface area contributed by atoms with Gasteiger partial charge in [-0.3, -0.25) is 19.8 Å². The molecule has 1 aliphatic carbocycles. The van der Waals surface area contributed by atoms with Crippen LogP contribution >= 0.6 is 0 Å². The van der Waals surface area contributed by atoms with E-state index in [9.17, 15) is 9.59 Å². The van der Waals surface area contributed by atoms with Crippen LogP contribution in [0.3, 0.4) is 0 Å². The Hall–Kier alpha value is -1.88. The molecule has 4 rings (SSSR count). The quantitative estimate of drug-likeness (QED) is 0.811. The first-order valence-electron chi connectivity index (χ1n) is 11.0. The van der Waals surface area contributed by atoms with E-state index < -0.39 is 0 Å². The number of piperidine rings is 1. The second-order valence-corrected chi connectivity index (χ2v) is 8.89. The second kappa shape index (κ2) is 8.64. The number of nitrogens with zero attached hydrogens (tertiary/aromatic N) is 2. The molecule has 152 valence electrons. The van der Waals surface area contributed by atoms with Gasteiger partial charge in [0.1, 0.15) is 0 Å². The van der Waals surface area contributed by atoms with Gasteiger partial charge in [-0.1, -0.05) is 31.4 Å². The molecule has 5 heteroatoms. The molecular weight excluding hydrogens is 350 g/mol. The monoisotopic (exact) mass is 383 g/mol. The lowest BCUT2D eigenvalue weighted by Crippen LogP contribution is -2.53. The van der Waals surface area contributed by atoms with Crippen molar-refractivity contribution in [1.82, 2.24) is 10.2 Å². The third-order valence-electron chi connectivity index (χ3n) is 6.88. The molecule has 3 fully saturated rings. The minimum Gasteiger partial charge on any atom is -0.369 e. The molecule has 2 aliphatic heterocycles. The van der Waals surface area contributed by atoms with Crippen LogP contribution < -0.4 is 10.2 Å². The van der Waals surface area contributed by atoms with Gasteiger partial charge in [0, 0.05) is 44.3 Å². The van der Waals surface area contributed by atoms with Crippen molar-refractivity contribution in [3.63, 3.8) is 0 Å². The van der Waals surface area contributed by atoms with Gasteiger partial charge in [-0.05, 0) is 49.8 Å². The third-order valence-corrected chi connectivity index (χ3v) is 6.88. The van der Waals surface area contributed by atoms with Gasteiger partial charge >= 0.3 is 0 Å². The van der Waals surface area contributed by atoms with Gasteiger partial charge < -0.3 is 4.90 Å². The third kappa shape index (κ3) is 4.40. The number of anilines is 1. The van der Waals surface area contributed by atoms with Gasteiger partial charge in [0.05, 0.1) is 5.92 Å². The summed E-state index contributed by atoms with van der Waals surface area (Å²) in [5, 5.41) is 2.46. The van der Waals surface area contributed by atoms with Crippen LogP contribution in [0.25, 0.3) is 0 Å².